The van der Waals surface area contributed by atoms with Crippen LogP contribution in [0.2, 0.25) is 0 Å². The van der Waals surface area contributed by atoms with Gasteiger partial charge in [-0.05, 0) is 19.1 Å². The minimum Gasteiger partial charge on any atom is -0.480 e. The van der Waals surface area contributed by atoms with Gasteiger partial charge in [-0.15, -0.1) is 0 Å². The van der Waals surface area contributed by atoms with Crippen molar-refractivity contribution in [3.63, 3.8) is 0 Å². The second-order valence-electron chi connectivity index (χ2n) is 4.40. The summed E-state index contributed by atoms with van der Waals surface area (Å²) in [5.41, 5.74) is 1.16. The van der Waals surface area contributed by atoms with Crippen molar-refractivity contribution in [1.29, 1.82) is 0 Å². The van der Waals surface area contributed by atoms with Gasteiger partial charge in [0.1, 0.15) is 6.54 Å². The predicted octanol–water partition coefficient (Wildman–Crippen LogP) is 1.25. The van der Waals surface area contributed by atoms with Crippen molar-refractivity contribution in [2.75, 3.05) is 5.32 Å². The lowest BCUT2D eigenvalue weighted by Gasteiger charge is -2.13. The molecule has 3 N–H and O–H groups in total. The molecule has 0 saturated carbocycles. The molecule has 1 unspecified atom stereocenters. The van der Waals surface area contributed by atoms with Crippen LogP contribution in [0.4, 0.5) is 10.5 Å². The zero-order valence-corrected chi connectivity index (χ0v) is 11.4. The summed E-state index contributed by atoms with van der Waals surface area (Å²) in [6.45, 7) is 1.56. The molecule has 0 fully saturated rings. The Morgan fingerprint density at radius 3 is 2.90 bits per heavy atom. The van der Waals surface area contributed by atoms with Gasteiger partial charge in [-0.2, -0.15) is 5.10 Å². The summed E-state index contributed by atoms with van der Waals surface area (Å²) >= 11 is 0. The first-order valence-electron chi connectivity index (χ1n) is 6.27. The fraction of sp³-hybridized carbons (Fsp3) is 0.231. The Morgan fingerprint density at radius 1 is 1.43 bits per heavy atom. The second-order valence-corrected chi connectivity index (χ2v) is 4.40. The normalized spacial score (nSPS) is 11.7. The summed E-state index contributed by atoms with van der Waals surface area (Å²) in [6.07, 6.45) is 4.48. The van der Waals surface area contributed by atoms with Crippen LogP contribution < -0.4 is 10.6 Å². The van der Waals surface area contributed by atoms with Crippen LogP contribution in [-0.4, -0.2) is 31.9 Å². The monoisotopic (exact) mass is 289 g/mol. The molecule has 0 aliphatic rings. The molecule has 21 heavy (non-hydrogen) atoms. The molecule has 0 radical (unpaired) electrons. The van der Waals surface area contributed by atoms with E-state index in [2.05, 4.69) is 20.7 Å². The van der Waals surface area contributed by atoms with Crippen LogP contribution in [0.1, 0.15) is 18.7 Å². The summed E-state index contributed by atoms with van der Waals surface area (Å²) in [6, 6.07) is 4.79. The number of hydrogen-bond acceptors (Lipinski definition) is 4. The molecule has 0 aromatic carbocycles. The van der Waals surface area contributed by atoms with Crippen molar-refractivity contribution in [2.24, 2.45) is 0 Å². The van der Waals surface area contributed by atoms with Gasteiger partial charge in [-0.25, -0.2) is 4.79 Å². The van der Waals surface area contributed by atoms with Crippen molar-refractivity contribution >= 4 is 17.7 Å². The quantitative estimate of drug-likeness (QED) is 0.767. The van der Waals surface area contributed by atoms with E-state index in [1.165, 1.54) is 17.1 Å². The Labute approximate surface area is 120 Å². The predicted molar refractivity (Wildman–Crippen MR) is 74.7 cm³/mol. The molecule has 2 amide bonds. The Hall–Kier alpha value is -2.90. The minimum atomic E-state index is -1.00. The lowest BCUT2D eigenvalue weighted by Crippen LogP contribution is -2.31. The van der Waals surface area contributed by atoms with Crippen molar-refractivity contribution in [3.05, 3.63) is 42.5 Å². The molecule has 2 aromatic rings. The first-order chi connectivity index (χ1) is 10.0. The molecule has 1 atom stereocenters. The van der Waals surface area contributed by atoms with E-state index in [-0.39, 0.29) is 12.6 Å². The zero-order chi connectivity index (χ0) is 15.2. The van der Waals surface area contributed by atoms with E-state index in [0.29, 0.717) is 5.69 Å². The zero-order valence-electron chi connectivity index (χ0n) is 11.4. The SMILES string of the molecule is CC(NC(=O)Nc1cnn(CC(=O)O)c1)c1ccccn1. The molecule has 8 heteroatoms. The summed E-state index contributed by atoms with van der Waals surface area (Å²) in [7, 11) is 0. The van der Waals surface area contributed by atoms with Crippen molar-refractivity contribution in [2.45, 2.75) is 19.5 Å². The molecule has 2 rings (SSSR count). The average molecular weight is 289 g/mol. The summed E-state index contributed by atoms with van der Waals surface area (Å²) in [5.74, 6) is -1.00. The van der Waals surface area contributed by atoms with E-state index >= 15 is 0 Å². The van der Waals surface area contributed by atoms with Crippen LogP contribution in [0.5, 0.6) is 0 Å². The molecule has 0 saturated heterocycles. The molecular weight excluding hydrogens is 274 g/mol. The smallest absolute Gasteiger partial charge is 0.325 e. The van der Waals surface area contributed by atoms with Gasteiger partial charge in [0, 0.05) is 12.4 Å². The van der Waals surface area contributed by atoms with Crippen LogP contribution in [-0.2, 0) is 11.3 Å². The van der Waals surface area contributed by atoms with Gasteiger partial charge >= 0.3 is 12.0 Å². The van der Waals surface area contributed by atoms with E-state index in [9.17, 15) is 9.59 Å². The molecule has 0 aliphatic heterocycles. The number of urea groups is 1. The van der Waals surface area contributed by atoms with Gasteiger partial charge in [0.2, 0.25) is 0 Å². The number of carbonyl (C=O) groups excluding carboxylic acids is 1. The summed E-state index contributed by atoms with van der Waals surface area (Å²) in [4.78, 5) is 26.5. The van der Waals surface area contributed by atoms with Crippen LogP contribution in [0.3, 0.4) is 0 Å². The Balaban J connectivity index is 1.89. The lowest BCUT2D eigenvalue weighted by molar-refractivity contribution is -0.137. The van der Waals surface area contributed by atoms with Gasteiger partial charge < -0.3 is 15.7 Å². The molecule has 8 nitrogen and oxygen atoms in total. The molecule has 2 aromatic heterocycles. The van der Waals surface area contributed by atoms with Crippen molar-refractivity contribution in [3.8, 4) is 0 Å². The molecule has 110 valence electrons. The number of carboxylic acid groups (broad SMARTS) is 1. The maximum atomic E-state index is 11.8. The number of aromatic nitrogens is 3. The maximum absolute atomic E-state index is 11.8. The maximum Gasteiger partial charge on any atom is 0.325 e. The minimum absolute atomic E-state index is 0.250. The molecule has 0 bridgehead atoms. The number of hydrogen-bond donors (Lipinski definition) is 3. The number of nitrogens with one attached hydrogen (secondary N) is 2. The Kier molecular flexibility index (Phi) is 4.50. The number of rotatable bonds is 5. The highest BCUT2D eigenvalue weighted by atomic mass is 16.4. The highest BCUT2D eigenvalue weighted by Gasteiger charge is 2.11. The second kappa shape index (κ2) is 6.51. The van der Waals surface area contributed by atoms with Crippen LogP contribution in [0.25, 0.3) is 0 Å². The summed E-state index contributed by atoms with van der Waals surface area (Å²) in [5, 5.41) is 17.8. The fourth-order valence-electron chi connectivity index (χ4n) is 1.72. The molecule has 0 aliphatic carbocycles. The van der Waals surface area contributed by atoms with Gasteiger partial charge in [-0.1, -0.05) is 6.07 Å². The molecule has 0 spiro atoms. The van der Waals surface area contributed by atoms with Crippen molar-refractivity contribution < 1.29 is 14.7 Å². The van der Waals surface area contributed by atoms with Gasteiger partial charge in [0.05, 0.1) is 23.6 Å². The number of amides is 2. The van der Waals surface area contributed by atoms with Crippen LogP contribution in [0.15, 0.2) is 36.8 Å². The Morgan fingerprint density at radius 2 is 2.24 bits per heavy atom. The van der Waals surface area contributed by atoms with E-state index in [4.69, 9.17) is 5.11 Å². The number of aliphatic carboxylic acids is 1. The fourth-order valence-corrected chi connectivity index (χ4v) is 1.72. The topological polar surface area (TPSA) is 109 Å². The van der Waals surface area contributed by atoms with Gasteiger partial charge in [0.15, 0.2) is 0 Å². The van der Waals surface area contributed by atoms with Gasteiger partial charge in [-0.3, -0.25) is 14.5 Å². The van der Waals surface area contributed by atoms with E-state index in [0.717, 1.165) is 5.69 Å². The first kappa shape index (κ1) is 14.5. The number of anilines is 1. The standard InChI is InChI=1S/C13H15N5O3/c1-9(11-4-2-3-5-14-11)16-13(21)17-10-6-15-18(7-10)8-12(19)20/h2-7,9H,8H2,1H3,(H,19,20)(H2,16,17,21). The molecule has 2 heterocycles. The van der Waals surface area contributed by atoms with Gasteiger partial charge in [0.25, 0.3) is 0 Å². The number of pyridine rings is 1. The third-order valence-electron chi connectivity index (χ3n) is 2.67. The van der Waals surface area contributed by atoms with E-state index in [1.807, 2.05) is 19.1 Å². The van der Waals surface area contributed by atoms with Crippen LogP contribution in [0, 0.1) is 0 Å². The molecular formula is C13H15N5O3. The third kappa shape index (κ3) is 4.30. The Bertz CT molecular complexity index is 626. The highest BCUT2D eigenvalue weighted by molar-refractivity contribution is 5.89. The average Bonchev–Trinajstić information content (AvgIpc) is 2.85. The first-order valence-corrected chi connectivity index (χ1v) is 6.27. The third-order valence-corrected chi connectivity index (χ3v) is 2.67. The summed E-state index contributed by atoms with van der Waals surface area (Å²) < 4.78 is 1.22. The van der Waals surface area contributed by atoms with E-state index < -0.39 is 12.0 Å². The number of carbonyl (C=O) groups is 2. The van der Waals surface area contributed by atoms with Crippen LogP contribution >= 0.6 is 0 Å². The lowest BCUT2D eigenvalue weighted by atomic mass is 10.2. The van der Waals surface area contributed by atoms with Crippen molar-refractivity contribution in [1.82, 2.24) is 20.1 Å². The number of nitrogens with zero attached hydrogens (tertiary/aromatic N) is 3. The highest BCUT2D eigenvalue weighted by Crippen LogP contribution is 2.09. The number of carboxylic acids is 1. The largest absolute Gasteiger partial charge is 0.480 e. The van der Waals surface area contributed by atoms with E-state index in [1.54, 1.807) is 12.3 Å².